The number of aromatic nitrogens is 3. The Morgan fingerprint density at radius 1 is 1.12 bits per heavy atom. The molecule has 134 valence electrons. The van der Waals surface area contributed by atoms with Crippen LogP contribution in [0.25, 0.3) is 0 Å². The summed E-state index contributed by atoms with van der Waals surface area (Å²) in [5.41, 5.74) is 1.55. The average molecular weight is 365 g/mol. The van der Waals surface area contributed by atoms with Crippen LogP contribution in [0.2, 0.25) is 0 Å². The molecule has 0 aromatic carbocycles. The topological polar surface area (TPSA) is 102 Å². The number of hydrogen-bond donors (Lipinski definition) is 0. The highest BCUT2D eigenvalue weighted by Crippen LogP contribution is 2.19. The number of hydrogen-bond acceptors (Lipinski definition) is 6. The van der Waals surface area contributed by atoms with Crippen LogP contribution in [0.1, 0.15) is 29.0 Å². The molecular weight excluding hydrogens is 346 g/mol. The fraction of sp³-hybridized carbons (Fsp3) is 0.533. The molecule has 0 spiro atoms. The highest BCUT2D eigenvalue weighted by Gasteiger charge is 2.32. The number of carbonyl (C=O) groups is 1. The van der Waals surface area contributed by atoms with E-state index in [1.54, 1.807) is 4.90 Å². The minimum Gasteiger partial charge on any atom is -0.363 e. The summed E-state index contributed by atoms with van der Waals surface area (Å²) in [6.07, 6.45) is 5.45. The molecule has 0 saturated carbocycles. The van der Waals surface area contributed by atoms with E-state index >= 15 is 0 Å². The van der Waals surface area contributed by atoms with Crippen LogP contribution in [-0.4, -0.2) is 64.6 Å². The summed E-state index contributed by atoms with van der Waals surface area (Å²) in [5.74, 6) is -0.135. The van der Waals surface area contributed by atoms with Gasteiger partial charge in [0.1, 0.15) is 11.2 Å². The van der Waals surface area contributed by atoms with Crippen LogP contribution in [-0.2, 0) is 23.0 Å². The van der Waals surface area contributed by atoms with E-state index in [1.165, 1.54) is 10.5 Å². The third-order valence-corrected chi connectivity index (χ3v) is 6.55. The van der Waals surface area contributed by atoms with Crippen LogP contribution in [0.3, 0.4) is 0 Å². The first-order chi connectivity index (χ1) is 12.1. The molecular formula is C15H19N5O4S. The molecule has 0 unspecified atom stereocenters. The second-order valence-electron chi connectivity index (χ2n) is 6.26. The summed E-state index contributed by atoms with van der Waals surface area (Å²) in [7, 11) is -3.62. The molecule has 4 heterocycles. The van der Waals surface area contributed by atoms with Crippen molar-refractivity contribution in [3.63, 3.8) is 0 Å². The molecule has 9 nitrogen and oxygen atoms in total. The van der Waals surface area contributed by atoms with Gasteiger partial charge in [0, 0.05) is 38.4 Å². The van der Waals surface area contributed by atoms with Crippen LogP contribution in [0, 0.1) is 0 Å². The van der Waals surface area contributed by atoms with Gasteiger partial charge in [0.15, 0.2) is 5.69 Å². The summed E-state index contributed by atoms with van der Waals surface area (Å²) in [5, 5.41) is 7.85. The van der Waals surface area contributed by atoms with E-state index in [1.807, 2.05) is 10.7 Å². The molecule has 2 aromatic rings. The zero-order chi connectivity index (χ0) is 17.4. The lowest BCUT2D eigenvalue weighted by molar-refractivity contribution is 0.0691. The van der Waals surface area contributed by atoms with Gasteiger partial charge in [-0.2, -0.15) is 9.40 Å². The number of rotatable bonds is 3. The van der Waals surface area contributed by atoms with Crippen LogP contribution in [0.5, 0.6) is 0 Å². The van der Waals surface area contributed by atoms with Crippen molar-refractivity contribution in [3.05, 3.63) is 29.9 Å². The molecule has 1 saturated heterocycles. The maximum absolute atomic E-state index is 12.7. The fourth-order valence-electron chi connectivity index (χ4n) is 3.29. The molecule has 10 heteroatoms. The molecule has 2 aliphatic rings. The summed E-state index contributed by atoms with van der Waals surface area (Å²) in [4.78, 5) is 14.4. The Labute approximate surface area is 145 Å². The zero-order valence-electron chi connectivity index (χ0n) is 13.7. The van der Waals surface area contributed by atoms with E-state index in [2.05, 4.69) is 14.8 Å². The molecule has 0 radical (unpaired) electrons. The Morgan fingerprint density at radius 3 is 2.60 bits per heavy atom. The van der Waals surface area contributed by atoms with Gasteiger partial charge < -0.3 is 9.42 Å². The predicted octanol–water partition coefficient (Wildman–Crippen LogP) is 0.354. The van der Waals surface area contributed by atoms with Crippen molar-refractivity contribution >= 4 is 15.9 Å². The lowest BCUT2D eigenvalue weighted by Gasteiger charge is -2.33. The lowest BCUT2D eigenvalue weighted by atomic mass is 10.1. The number of fused-ring (bicyclic) bond motifs is 1. The SMILES string of the molecule is O=C(c1cc2n(n1)CCCC2)N1CCN(S(=O)(=O)c2cnoc2)CC1. The number of amides is 1. The first-order valence-electron chi connectivity index (χ1n) is 8.31. The number of sulfonamides is 1. The third-order valence-electron chi connectivity index (χ3n) is 4.71. The first-order valence-corrected chi connectivity index (χ1v) is 9.75. The normalized spacial score (nSPS) is 19.0. The first kappa shape index (κ1) is 16.3. The second-order valence-corrected chi connectivity index (χ2v) is 8.20. The molecule has 0 aliphatic carbocycles. The van der Waals surface area contributed by atoms with Crippen molar-refractivity contribution < 1.29 is 17.7 Å². The van der Waals surface area contributed by atoms with E-state index in [0.717, 1.165) is 37.8 Å². The van der Waals surface area contributed by atoms with Crippen molar-refractivity contribution in [1.82, 2.24) is 24.1 Å². The minimum atomic E-state index is -3.62. The monoisotopic (exact) mass is 365 g/mol. The molecule has 2 aliphatic heterocycles. The van der Waals surface area contributed by atoms with Crippen molar-refractivity contribution in [2.45, 2.75) is 30.7 Å². The van der Waals surface area contributed by atoms with E-state index in [-0.39, 0.29) is 23.9 Å². The smallest absolute Gasteiger partial charge is 0.274 e. The van der Waals surface area contributed by atoms with Gasteiger partial charge in [-0.25, -0.2) is 8.42 Å². The molecule has 25 heavy (non-hydrogen) atoms. The van der Waals surface area contributed by atoms with Gasteiger partial charge >= 0.3 is 0 Å². The van der Waals surface area contributed by atoms with Gasteiger partial charge in [-0.15, -0.1) is 0 Å². The van der Waals surface area contributed by atoms with Gasteiger partial charge in [-0.3, -0.25) is 9.48 Å². The quantitative estimate of drug-likeness (QED) is 0.778. The Balaban J connectivity index is 1.43. The lowest BCUT2D eigenvalue weighted by Crippen LogP contribution is -2.50. The van der Waals surface area contributed by atoms with E-state index in [0.29, 0.717) is 18.8 Å². The maximum atomic E-state index is 12.7. The maximum Gasteiger partial charge on any atom is 0.274 e. The molecule has 0 atom stereocenters. The summed E-state index contributed by atoms with van der Waals surface area (Å²) in [6.45, 7) is 2.02. The predicted molar refractivity (Wildman–Crippen MR) is 86.3 cm³/mol. The van der Waals surface area contributed by atoms with E-state index in [9.17, 15) is 13.2 Å². The van der Waals surface area contributed by atoms with Crippen molar-refractivity contribution in [3.8, 4) is 0 Å². The van der Waals surface area contributed by atoms with Gasteiger partial charge in [-0.05, 0) is 25.3 Å². The summed E-state index contributed by atoms with van der Waals surface area (Å²) in [6, 6.07) is 1.86. The standard InChI is InChI=1S/C15H19N5O4S/c21-15(14-9-12-3-1-2-4-20(12)17-14)18-5-7-19(8-6-18)25(22,23)13-10-16-24-11-13/h9-11H,1-8H2. The van der Waals surface area contributed by atoms with Crippen LogP contribution in [0.4, 0.5) is 0 Å². The van der Waals surface area contributed by atoms with Gasteiger partial charge in [0.2, 0.25) is 10.0 Å². The Kier molecular flexibility index (Phi) is 4.08. The highest BCUT2D eigenvalue weighted by molar-refractivity contribution is 7.89. The van der Waals surface area contributed by atoms with Gasteiger partial charge in [0.05, 0.1) is 6.20 Å². The second kappa shape index (κ2) is 6.26. The minimum absolute atomic E-state index is 0.0362. The Morgan fingerprint density at radius 2 is 1.92 bits per heavy atom. The molecule has 0 N–H and O–H groups in total. The molecule has 1 amide bonds. The third kappa shape index (κ3) is 2.95. The molecule has 4 rings (SSSR count). The molecule has 0 bridgehead atoms. The van der Waals surface area contributed by atoms with Crippen LogP contribution < -0.4 is 0 Å². The summed E-state index contributed by atoms with van der Waals surface area (Å²) >= 11 is 0. The number of carbonyl (C=O) groups excluding carboxylic acids is 1. The van der Waals surface area contributed by atoms with Crippen molar-refractivity contribution in [2.75, 3.05) is 26.2 Å². The van der Waals surface area contributed by atoms with Crippen LogP contribution in [0.15, 0.2) is 27.9 Å². The number of nitrogens with zero attached hydrogens (tertiary/aromatic N) is 5. The van der Waals surface area contributed by atoms with E-state index in [4.69, 9.17) is 0 Å². The Hall–Kier alpha value is -2.20. The number of aryl methyl sites for hydroxylation is 2. The van der Waals surface area contributed by atoms with E-state index < -0.39 is 10.0 Å². The van der Waals surface area contributed by atoms with Crippen molar-refractivity contribution in [2.24, 2.45) is 0 Å². The van der Waals surface area contributed by atoms with Crippen LogP contribution >= 0.6 is 0 Å². The number of piperazine rings is 1. The largest absolute Gasteiger partial charge is 0.363 e. The summed E-state index contributed by atoms with van der Waals surface area (Å²) < 4.78 is 32.7. The molecule has 1 fully saturated rings. The van der Waals surface area contributed by atoms with Gasteiger partial charge in [-0.1, -0.05) is 5.16 Å². The average Bonchev–Trinajstić information content (AvgIpc) is 3.31. The highest BCUT2D eigenvalue weighted by atomic mass is 32.2. The fourth-order valence-corrected chi connectivity index (χ4v) is 4.57. The Bertz CT molecular complexity index is 842. The van der Waals surface area contributed by atoms with Gasteiger partial charge in [0.25, 0.3) is 5.91 Å². The van der Waals surface area contributed by atoms with Crippen molar-refractivity contribution in [1.29, 1.82) is 0 Å². The molecule has 2 aromatic heterocycles. The zero-order valence-corrected chi connectivity index (χ0v) is 14.5.